The molecule has 0 unspecified atom stereocenters. The molecule has 2 aromatic carbocycles. The predicted molar refractivity (Wildman–Crippen MR) is 98.8 cm³/mol. The summed E-state index contributed by atoms with van der Waals surface area (Å²) in [7, 11) is 2.70. The lowest BCUT2D eigenvalue weighted by Gasteiger charge is -2.03. The molecule has 0 saturated carbocycles. The van der Waals surface area contributed by atoms with Crippen molar-refractivity contribution in [3.63, 3.8) is 0 Å². The zero-order chi connectivity index (χ0) is 19.1. The second kappa shape index (κ2) is 8.55. The van der Waals surface area contributed by atoms with Gasteiger partial charge in [-0.15, -0.1) is 0 Å². The molecule has 0 fully saturated rings. The van der Waals surface area contributed by atoms with Gasteiger partial charge in [0.05, 0.1) is 25.3 Å². The van der Waals surface area contributed by atoms with Crippen molar-refractivity contribution in [2.24, 2.45) is 0 Å². The van der Waals surface area contributed by atoms with Gasteiger partial charge < -0.3 is 9.47 Å². The lowest BCUT2D eigenvalue weighted by atomic mass is 10.1. The molecule has 4 heteroatoms. The van der Waals surface area contributed by atoms with E-state index in [1.807, 2.05) is 26.0 Å². The van der Waals surface area contributed by atoms with E-state index in [-0.39, 0.29) is 11.9 Å². The third-order valence-corrected chi connectivity index (χ3v) is 3.74. The van der Waals surface area contributed by atoms with Gasteiger partial charge >= 0.3 is 11.9 Å². The standard InChI is InChI=1S/C22H18O4/c1-15-13-17(9-11-19(15)21(23)25-3)7-5-6-8-18-10-12-20(16(2)14-18)22(24)26-4/h9-14H,1-4H3. The minimum absolute atomic E-state index is 0.368. The average Bonchev–Trinajstić information content (AvgIpc) is 2.64. The Hall–Kier alpha value is -3.50. The van der Waals surface area contributed by atoms with E-state index in [2.05, 4.69) is 23.7 Å². The molecule has 0 amide bonds. The van der Waals surface area contributed by atoms with Gasteiger partial charge in [0.2, 0.25) is 0 Å². The number of hydrogen-bond acceptors (Lipinski definition) is 4. The summed E-state index contributed by atoms with van der Waals surface area (Å²) in [4.78, 5) is 23.1. The first kappa shape index (κ1) is 18.8. The van der Waals surface area contributed by atoms with Crippen LogP contribution in [-0.4, -0.2) is 26.2 Å². The average molecular weight is 346 g/mol. The van der Waals surface area contributed by atoms with Crippen molar-refractivity contribution in [3.8, 4) is 23.7 Å². The summed E-state index contributed by atoms with van der Waals surface area (Å²) in [6.45, 7) is 3.66. The molecule has 0 bridgehead atoms. The van der Waals surface area contributed by atoms with Crippen LogP contribution in [0.4, 0.5) is 0 Å². The summed E-state index contributed by atoms with van der Waals surface area (Å²) >= 11 is 0. The van der Waals surface area contributed by atoms with Gasteiger partial charge in [0, 0.05) is 11.1 Å². The van der Waals surface area contributed by atoms with Crippen molar-refractivity contribution >= 4 is 11.9 Å². The van der Waals surface area contributed by atoms with Gasteiger partial charge in [-0.25, -0.2) is 9.59 Å². The topological polar surface area (TPSA) is 52.6 Å². The van der Waals surface area contributed by atoms with E-state index in [0.717, 1.165) is 22.3 Å². The first-order valence-electron chi connectivity index (χ1n) is 7.86. The molecule has 0 N–H and O–H groups in total. The van der Waals surface area contributed by atoms with Crippen molar-refractivity contribution < 1.29 is 19.1 Å². The van der Waals surface area contributed by atoms with Gasteiger partial charge in [-0.2, -0.15) is 0 Å². The SMILES string of the molecule is COC(=O)c1ccc(C#CC#Cc2ccc(C(=O)OC)c(C)c2)cc1C. The number of benzene rings is 2. The summed E-state index contributed by atoms with van der Waals surface area (Å²) in [5.41, 5.74) is 4.16. The van der Waals surface area contributed by atoms with Gasteiger partial charge in [-0.1, -0.05) is 11.8 Å². The van der Waals surface area contributed by atoms with E-state index in [9.17, 15) is 9.59 Å². The highest BCUT2D eigenvalue weighted by Gasteiger charge is 2.09. The Balaban J connectivity index is 2.16. The lowest BCUT2D eigenvalue weighted by Crippen LogP contribution is -2.03. The Kier molecular flexibility index (Phi) is 6.20. The van der Waals surface area contributed by atoms with E-state index in [1.165, 1.54) is 14.2 Å². The quantitative estimate of drug-likeness (QED) is 0.619. The fourth-order valence-corrected chi connectivity index (χ4v) is 2.37. The molecule has 0 aliphatic rings. The Labute approximate surface area is 153 Å². The minimum atomic E-state index is -0.368. The molecule has 0 saturated heterocycles. The van der Waals surface area contributed by atoms with Gasteiger partial charge in [0.25, 0.3) is 0 Å². The van der Waals surface area contributed by atoms with E-state index in [1.54, 1.807) is 24.3 Å². The first-order chi connectivity index (χ1) is 12.5. The maximum absolute atomic E-state index is 11.6. The molecule has 0 atom stereocenters. The van der Waals surface area contributed by atoms with Crippen LogP contribution in [0.1, 0.15) is 43.0 Å². The summed E-state index contributed by atoms with van der Waals surface area (Å²) < 4.78 is 9.44. The number of aryl methyl sites for hydroxylation is 2. The third kappa shape index (κ3) is 4.53. The predicted octanol–water partition coefficient (Wildman–Crippen LogP) is 3.28. The van der Waals surface area contributed by atoms with Gasteiger partial charge in [0.1, 0.15) is 0 Å². The van der Waals surface area contributed by atoms with E-state index in [0.29, 0.717) is 11.1 Å². The van der Waals surface area contributed by atoms with E-state index >= 15 is 0 Å². The highest BCUT2D eigenvalue weighted by Crippen LogP contribution is 2.12. The van der Waals surface area contributed by atoms with Crippen molar-refractivity contribution in [2.45, 2.75) is 13.8 Å². The van der Waals surface area contributed by atoms with Crippen LogP contribution in [0.2, 0.25) is 0 Å². The molecule has 0 radical (unpaired) electrons. The number of hydrogen-bond donors (Lipinski definition) is 0. The molecule has 2 rings (SSSR count). The fraction of sp³-hybridized carbons (Fsp3) is 0.182. The molecule has 0 heterocycles. The summed E-state index contributed by atoms with van der Waals surface area (Å²) in [5.74, 6) is 10.7. The van der Waals surface area contributed by atoms with Crippen LogP contribution in [0, 0.1) is 37.5 Å². The van der Waals surface area contributed by atoms with Crippen LogP contribution in [-0.2, 0) is 9.47 Å². The number of carbonyl (C=O) groups excluding carboxylic acids is 2. The Morgan fingerprint density at radius 1 is 0.731 bits per heavy atom. The van der Waals surface area contributed by atoms with E-state index < -0.39 is 0 Å². The largest absolute Gasteiger partial charge is 0.465 e. The van der Waals surface area contributed by atoms with Crippen molar-refractivity contribution in [2.75, 3.05) is 14.2 Å². The molecule has 0 aliphatic heterocycles. The van der Waals surface area contributed by atoms with Crippen LogP contribution in [0.5, 0.6) is 0 Å². The minimum Gasteiger partial charge on any atom is -0.465 e. The van der Waals surface area contributed by atoms with Gasteiger partial charge in [0.15, 0.2) is 0 Å². The summed E-state index contributed by atoms with van der Waals surface area (Å²) in [6, 6.07) is 10.5. The molecule has 130 valence electrons. The van der Waals surface area contributed by atoms with Crippen molar-refractivity contribution in [3.05, 3.63) is 69.8 Å². The van der Waals surface area contributed by atoms with Crippen LogP contribution in [0.15, 0.2) is 36.4 Å². The summed E-state index contributed by atoms with van der Waals surface area (Å²) in [5, 5.41) is 0. The highest BCUT2D eigenvalue weighted by atomic mass is 16.5. The molecule has 4 nitrogen and oxygen atoms in total. The number of rotatable bonds is 2. The monoisotopic (exact) mass is 346 g/mol. The fourth-order valence-electron chi connectivity index (χ4n) is 2.37. The first-order valence-corrected chi connectivity index (χ1v) is 7.86. The number of carbonyl (C=O) groups is 2. The van der Waals surface area contributed by atoms with Crippen molar-refractivity contribution in [1.29, 1.82) is 0 Å². The zero-order valence-electron chi connectivity index (χ0n) is 15.1. The number of esters is 2. The maximum atomic E-state index is 11.6. The second-order valence-electron chi connectivity index (χ2n) is 5.54. The van der Waals surface area contributed by atoms with Gasteiger partial charge in [-0.05, 0) is 73.2 Å². The van der Waals surface area contributed by atoms with Crippen LogP contribution in [0.3, 0.4) is 0 Å². The number of ether oxygens (including phenoxy) is 2. The highest BCUT2D eigenvalue weighted by molar-refractivity contribution is 5.91. The molecule has 0 aromatic heterocycles. The molecular weight excluding hydrogens is 328 g/mol. The molecular formula is C22H18O4. The Bertz CT molecular complexity index is 897. The molecule has 2 aromatic rings. The molecule has 0 spiro atoms. The van der Waals surface area contributed by atoms with Crippen LogP contribution < -0.4 is 0 Å². The Morgan fingerprint density at radius 2 is 1.12 bits per heavy atom. The van der Waals surface area contributed by atoms with Crippen molar-refractivity contribution in [1.82, 2.24) is 0 Å². The maximum Gasteiger partial charge on any atom is 0.338 e. The second-order valence-corrected chi connectivity index (χ2v) is 5.54. The molecule has 26 heavy (non-hydrogen) atoms. The summed E-state index contributed by atoms with van der Waals surface area (Å²) in [6.07, 6.45) is 0. The van der Waals surface area contributed by atoms with Crippen LogP contribution in [0.25, 0.3) is 0 Å². The normalized spacial score (nSPS) is 9.23. The third-order valence-electron chi connectivity index (χ3n) is 3.74. The Morgan fingerprint density at radius 3 is 1.42 bits per heavy atom. The van der Waals surface area contributed by atoms with Crippen LogP contribution >= 0.6 is 0 Å². The van der Waals surface area contributed by atoms with Gasteiger partial charge in [-0.3, -0.25) is 0 Å². The lowest BCUT2D eigenvalue weighted by molar-refractivity contribution is 0.0591. The van der Waals surface area contributed by atoms with E-state index in [4.69, 9.17) is 9.47 Å². The smallest absolute Gasteiger partial charge is 0.338 e. The zero-order valence-corrected chi connectivity index (χ0v) is 15.1. The molecule has 0 aliphatic carbocycles. The number of methoxy groups -OCH3 is 2.